The van der Waals surface area contributed by atoms with Gasteiger partial charge in [0.1, 0.15) is 12.4 Å². The first kappa shape index (κ1) is 12.8. The lowest BCUT2D eigenvalue weighted by Gasteiger charge is -2.16. The molecule has 1 unspecified atom stereocenters. The molecule has 1 aromatic heterocycles. The van der Waals surface area contributed by atoms with Crippen molar-refractivity contribution in [2.45, 2.75) is 13.0 Å². The summed E-state index contributed by atoms with van der Waals surface area (Å²) in [7, 11) is 0. The predicted molar refractivity (Wildman–Crippen MR) is 71.8 cm³/mol. The van der Waals surface area contributed by atoms with E-state index in [1.165, 1.54) is 0 Å². The molecule has 0 saturated carbocycles. The van der Waals surface area contributed by atoms with Gasteiger partial charge in [0.05, 0.1) is 18.2 Å². The van der Waals surface area contributed by atoms with E-state index < -0.39 is 0 Å². The predicted octanol–water partition coefficient (Wildman–Crippen LogP) is 1.58. The zero-order valence-corrected chi connectivity index (χ0v) is 10.5. The maximum atomic E-state index is 9.19. The van der Waals surface area contributed by atoms with Gasteiger partial charge in [-0.2, -0.15) is 0 Å². The summed E-state index contributed by atoms with van der Waals surface area (Å²) in [5, 5.41) is 13.3. The van der Waals surface area contributed by atoms with Crippen LogP contribution in [0.4, 0.5) is 0 Å². The van der Waals surface area contributed by atoms with Gasteiger partial charge in [0.25, 0.3) is 0 Å². The van der Waals surface area contributed by atoms with Crippen molar-refractivity contribution >= 4 is 10.9 Å². The Bertz CT molecular complexity index is 497. The van der Waals surface area contributed by atoms with Crippen molar-refractivity contribution in [3.63, 3.8) is 0 Å². The number of hydrogen-bond acceptors (Lipinski definition) is 4. The van der Waals surface area contributed by atoms with Crippen LogP contribution in [-0.2, 0) is 0 Å². The Labute approximate surface area is 107 Å². The summed E-state index contributed by atoms with van der Waals surface area (Å²) in [6.07, 6.45) is 1.77. The molecular formula is C14H18N2O2. The minimum Gasteiger partial charge on any atom is -0.491 e. The maximum Gasteiger partial charge on any atom is 0.128 e. The van der Waals surface area contributed by atoms with Crippen LogP contribution in [0, 0.1) is 0 Å². The van der Waals surface area contributed by atoms with E-state index in [4.69, 9.17) is 4.74 Å². The van der Waals surface area contributed by atoms with Crippen molar-refractivity contribution in [3.05, 3.63) is 36.5 Å². The van der Waals surface area contributed by atoms with Gasteiger partial charge in [-0.15, -0.1) is 0 Å². The van der Waals surface area contributed by atoms with Crippen molar-refractivity contribution in [2.75, 3.05) is 19.8 Å². The second kappa shape index (κ2) is 6.33. The molecule has 2 rings (SSSR count). The molecule has 4 nitrogen and oxygen atoms in total. The van der Waals surface area contributed by atoms with Crippen LogP contribution in [0.25, 0.3) is 10.9 Å². The molecule has 96 valence electrons. The Hall–Kier alpha value is -1.65. The molecule has 1 heterocycles. The molecule has 0 amide bonds. The summed E-state index contributed by atoms with van der Waals surface area (Å²) < 4.78 is 5.76. The number of rotatable bonds is 6. The number of nitrogens with zero attached hydrogens (tertiary/aromatic N) is 1. The molecule has 4 heteroatoms. The molecule has 0 bridgehead atoms. The number of hydrogen-bond donors (Lipinski definition) is 2. The highest BCUT2D eigenvalue weighted by atomic mass is 16.5. The van der Waals surface area contributed by atoms with Crippen LogP contribution in [0.1, 0.15) is 6.92 Å². The Balaban J connectivity index is 2.11. The average Bonchev–Trinajstić information content (AvgIpc) is 2.43. The second-order valence-corrected chi connectivity index (χ2v) is 4.07. The smallest absolute Gasteiger partial charge is 0.128 e. The van der Waals surface area contributed by atoms with E-state index in [0.29, 0.717) is 6.61 Å². The first-order valence-corrected chi connectivity index (χ1v) is 6.16. The number of ether oxygens (including phenoxy) is 1. The fourth-order valence-electron chi connectivity index (χ4n) is 1.86. The summed E-state index contributed by atoms with van der Waals surface area (Å²) in [4.78, 5) is 4.28. The summed E-state index contributed by atoms with van der Waals surface area (Å²) in [6, 6.07) is 9.63. The van der Waals surface area contributed by atoms with Crippen molar-refractivity contribution in [3.8, 4) is 5.75 Å². The highest BCUT2D eigenvalue weighted by Crippen LogP contribution is 2.23. The Morgan fingerprint density at radius 2 is 2.22 bits per heavy atom. The number of aliphatic hydroxyl groups excluding tert-OH is 1. The molecule has 0 aliphatic carbocycles. The second-order valence-electron chi connectivity index (χ2n) is 4.07. The van der Waals surface area contributed by atoms with Gasteiger partial charge in [0.15, 0.2) is 0 Å². The molecule has 0 radical (unpaired) electrons. The van der Waals surface area contributed by atoms with Gasteiger partial charge >= 0.3 is 0 Å². The number of nitrogens with one attached hydrogen (secondary N) is 1. The Morgan fingerprint density at radius 1 is 1.33 bits per heavy atom. The van der Waals surface area contributed by atoms with E-state index >= 15 is 0 Å². The first-order chi connectivity index (χ1) is 8.85. The van der Waals surface area contributed by atoms with Gasteiger partial charge in [0.2, 0.25) is 0 Å². The van der Waals surface area contributed by atoms with E-state index in [2.05, 4.69) is 10.3 Å². The van der Waals surface area contributed by atoms with E-state index in [1.54, 1.807) is 6.20 Å². The highest BCUT2D eigenvalue weighted by molar-refractivity contribution is 5.84. The van der Waals surface area contributed by atoms with E-state index in [0.717, 1.165) is 23.2 Å². The van der Waals surface area contributed by atoms with Crippen LogP contribution in [0.5, 0.6) is 5.75 Å². The van der Waals surface area contributed by atoms with Gasteiger partial charge in [-0.1, -0.05) is 13.0 Å². The third-order valence-electron chi connectivity index (χ3n) is 2.76. The number of aliphatic hydroxyl groups is 1. The van der Waals surface area contributed by atoms with Crippen LogP contribution >= 0.6 is 0 Å². The van der Waals surface area contributed by atoms with Crippen molar-refractivity contribution in [1.82, 2.24) is 10.3 Å². The SMILES string of the molecule is CCNC(CO)COc1cccc2ncccc12. The molecule has 18 heavy (non-hydrogen) atoms. The molecule has 1 atom stereocenters. The number of aromatic nitrogens is 1. The van der Waals surface area contributed by atoms with Crippen LogP contribution in [0.15, 0.2) is 36.5 Å². The molecule has 0 aliphatic rings. The Kier molecular flexibility index (Phi) is 4.50. The Morgan fingerprint density at radius 3 is 3.00 bits per heavy atom. The van der Waals surface area contributed by atoms with Crippen molar-refractivity contribution in [1.29, 1.82) is 0 Å². The van der Waals surface area contributed by atoms with Crippen molar-refractivity contribution < 1.29 is 9.84 Å². The molecule has 0 spiro atoms. The minimum atomic E-state index is -0.0399. The van der Waals surface area contributed by atoms with Gasteiger partial charge < -0.3 is 15.2 Å². The fraction of sp³-hybridized carbons (Fsp3) is 0.357. The van der Waals surface area contributed by atoms with E-state index in [1.807, 2.05) is 37.3 Å². The summed E-state index contributed by atoms with van der Waals surface area (Å²) in [6.45, 7) is 3.32. The lowest BCUT2D eigenvalue weighted by atomic mass is 10.2. The molecule has 1 aromatic carbocycles. The maximum absolute atomic E-state index is 9.19. The molecule has 0 aliphatic heterocycles. The molecule has 0 fully saturated rings. The third kappa shape index (κ3) is 2.97. The number of fused-ring (bicyclic) bond motifs is 1. The summed E-state index contributed by atoms with van der Waals surface area (Å²) >= 11 is 0. The zero-order valence-electron chi connectivity index (χ0n) is 10.5. The normalized spacial score (nSPS) is 12.6. The van der Waals surface area contributed by atoms with Crippen LogP contribution in [0.2, 0.25) is 0 Å². The van der Waals surface area contributed by atoms with Crippen LogP contribution < -0.4 is 10.1 Å². The topological polar surface area (TPSA) is 54.4 Å². The van der Waals surface area contributed by atoms with Gasteiger partial charge in [-0.05, 0) is 30.8 Å². The fourth-order valence-corrected chi connectivity index (χ4v) is 1.86. The number of pyridine rings is 1. The van der Waals surface area contributed by atoms with Crippen LogP contribution in [-0.4, -0.2) is 35.9 Å². The van der Waals surface area contributed by atoms with Crippen molar-refractivity contribution in [2.24, 2.45) is 0 Å². The highest BCUT2D eigenvalue weighted by Gasteiger charge is 2.08. The van der Waals surface area contributed by atoms with E-state index in [9.17, 15) is 5.11 Å². The quantitative estimate of drug-likeness (QED) is 0.812. The lowest BCUT2D eigenvalue weighted by Crippen LogP contribution is -2.37. The summed E-state index contributed by atoms with van der Waals surface area (Å²) in [5.74, 6) is 0.803. The van der Waals surface area contributed by atoms with Gasteiger partial charge in [0, 0.05) is 11.6 Å². The molecule has 0 saturated heterocycles. The zero-order chi connectivity index (χ0) is 12.8. The number of benzene rings is 1. The molecular weight excluding hydrogens is 228 g/mol. The van der Waals surface area contributed by atoms with E-state index in [-0.39, 0.29) is 12.6 Å². The monoisotopic (exact) mass is 246 g/mol. The standard InChI is InChI=1S/C14H18N2O2/c1-2-15-11(9-17)10-18-14-7-3-6-13-12(14)5-4-8-16-13/h3-8,11,15,17H,2,9-10H2,1H3. The third-order valence-corrected chi connectivity index (χ3v) is 2.76. The molecule has 2 N–H and O–H groups in total. The first-order valence-electron chi connectivity index (χ1n) is 6.16. The average molecular weight is 246 g/mol. The lowest BCUT2D eigenvalue weighted by molar-refractivity contribution is 0.185. The molecule has 2 aromatic rings. The van der Waals surface area contributed by atoms with Gasteiger partial charge in [-0.25, -0.2) is 0 Å². The largest absolute Gasteiger partial charge is 0.491 e. The summed E-state index contributed by atoms with van der Waals surface area (Å²) in [5.41, 5.74) is 0.916. The number of likely N-dealkylation sites (N-methyl/N-ethyl adjacent to an activating group) is 1. The van der Waals surface area contributed by atoms with Crippen LogP contribution in [0.3, 0.4) is 0 Å². The van der Waals surface area contributed by atoms with Gasteiger partial charge in [-0.3, -0.25) is 4.98 Å². The minimum absolute atomic E-state index is 0.0399.